The van der Waals surface area contributed by atoms with Gasteiger partial charge in [-0.05, 0) is 42.8 Å². The molecule has 0 spiro atoms. The summed E-state index contributed by atoms with van der Waals surface area (Å²) in [5, 5.41) is 6.61. The number of nitrogens with zero attached hydrogens (tertiary/aromatic N) is 3. The Labute approximate surface area is 154 Å². The molecule has 0 saturated carbocycles. The van der Waals surface area contributed by atoms with E-state index in [1.165, 1.54) is 11.3 Å². The van der Waals surface area contributed by atoms with Crippen LogP contribution in [0.25, 0.3) is 11.4 Å². The van der Waals surface area contributed by atoms with Gasteiger partial charge in [-0.15, -0.1) is 11.3 Å². The molecule has 1 saturated heterocycles. The van der Waals surface area contributed by atoms with Gasteiger partial charge in [0, 0.05) is 17.1 Å². The minimum absolute atomic E-state index is 0.0298. The van der Waals surface area contributed by atoms with E-state index in [-0.39, 0.29) is 11.9 Å². The highest BCUT2D eigenvalue weighted by molar-refractivity contribution is 7.12. The van der Waals surface area contributed by atoms with Gasteiger partial charge < -0.3 is 9.42 Å². The molecular formula is C18H16ClN3O2S. The van der Waals surface area contributed by atoms with E-state index in [0.717, 1.165) is 29.7 Å². The van der Waals surface area contributed by atoms with Crippen molar-refractivity contribution in [3.8, 4) is 11.4 Å². The largest absolute Gasteiger partial charge is 0.337 e. The summed E-state index contributed by atoms with van der Waals surface area (Å²) in [6.07, 6.45) is 2.85. The Hall–Kier alpha value is -2.18. The molecule has 1 aromatic carbocycles. The molecule has 25 heavy (non-hydrogen) atoms. The summed E-state index contributed by atoms with van der Waals surface area (Å²) in [6, 6.07) is 10.9. The van der Waals surface area contributed by atoms with Crippen LogP contribution >= 0.6 is 22.9 Å². The van der Waals surface area contributed by atoms with Gasteiger partial charge in [0.2, 0.25) is 11.7 Å². The highest BCUT2D eigenvalue weighted by atomic mass is 35.5. The predicted molar refractivity (Wildman–Crippen MR) is 96.7 cm³/mol. The Morgan fingerprint density at radius 1 is 1.28 bits per heavy atom. The Balaban J connectivity index is 1.62. The molecule has 2 aromatic heterocycles. The first-order valence-electron chi connectivity index (χ1n) is 8.16. The predicted octanol–water partition coefficient (Wildman–Crippen LogP) is 4.82. The third-order valence-electron chi connectivity index (χ3n) is 4.31. The van der Waals surface area contributed by atoms with Gasteiger partial charge in [0.25, 0.3) is 5.91 Å². The number of piperidine rings is 1. The van der Waals surface area contributed by atoms with Crippen LogP contribution in [0.2, 0.25) is 5.02 Å². The summed E-state index contributed by atoms with van der Waals surface area (Å²) in [7, 11) is 0. The van der Waals surface area contributed by atoms with Crippen molar-refractivity contribution in [2.24, 2.45) is 0 Å². The van der Waals surface area contributed by atoms with Crippen molar-refractivity contribution in [1.29, 1.82) is 0 Å². The van der Waals surface area contributed by atoms with E-state index in [0.29, 0.717) is 23.3 Å². The zero-order valence-electron chi connectivity index (χ0n) is 13.4. The molecule has 0 radical (unpaired) electrons. The van der Waals surface area contributed by atoms with E-state index in [1.807, 2.05) is 34.5 Å². The van der Waals surface area contributed by atoms with Crippen molar-refractivity contribution < 1.29 is 9.32 Å². The summed E-state index contributed by atoms with van der Waals surface area (Å²) < 4.78 is 5.50. The molecule has 7 heteroatoms. The summed E-state index contributed by atoms with van der Waals surface area (Å²) in [6.45, 7) is 0.705. The van der Waals surface area contributed by atoms with E-state index in [9.17, 15) is 4.79 Å². The molecule has 3 heterocycles. The molecule has 1 unspecified atom stereocenters. The van der Waals surface area contributed by atoms with Crippen LogP contribution in [0.15, 0.2) is 46.3 Å². The third-order valence-corrected chi connectivity index (χ3v) is 5.40. The number of rotatable bonds is 3. The van der Waals surface area contributed by atoms with Crippen molar-refractivity contribution >= 4 is 28.8 Å². The fourth-order valence-electron chi connectivity index (χ4n) is 3.09. The number of hydrogen-bond donors (Lipinski definition) is 0. The number of thiophene rings is 1. The molecule has 1 atom stereocenters. The highest BCUT2D eigenvalue weighted by Gasteiger charge is 2.33. The van der Waals surface area contributed by atoms with Gasteiger partial charge in [0.15, 0.2) is 0 Å². The summed E-state index contributed by atoms with van der Waals surface area (Å²) in [4.78, 5) is 19.9. The molecular weight excluding hydrogens is 358 g/mol. The molecule has 3 aromatic rings. The fourth-order valence-corrected chi connectivity index (χ4v) is 3.96. The van der Waals surface area contributed by atoms with Crippen LogP contribution in [0.3, 0.4) is 0 Å². The van der Waals surface area contributed by atoms with Crippen LogP contribution in [0, 0.1) is 0 Å². The van der Waals surface area contributed by atoms with Crippen LogP contribution < -0.4 is 0 Å². The van der Waals surface area contributed by atoms with Crippen LogP contribution in [0.5, 0.6) is 0 Å². The number of hydrogen-bond acceptors (Lipinski definition) is 5. The zero-order valence-corrected chi connectivity index (χ0v) is 15.0. The lowest BCUT2D eigenvalue weighted by molar-refractivity contribution is 0.0566. The lowest BCUT2D eigenvalue weighted by Gasteiger charge is -2.33. The first kappa shape index (κ1) is 16.3. The topological polar surface area (TPSA) is 59.2 Å². The molecule has 1 aliphatic rings. The van der Waals surface area contributed by atoms with E-state index in [4.69, 9.17) is 16.1 Å². The minimum atomic E-state index is -0.177. The second-order valence-corrected chi connectivity index (χ2v) is 7.34. The van der Waals surface area contributed by atoms with Crippen LogP contribution in [-0.2, 0) is 0 Å². The highest BCUT2D eigenvalue weighted by Crippen LogP contribution is 2.33. The summed E-state index contributed by atoms with van der Waals surface area (Å²) in [5.41, 5.74) is 0.800. The average Bonchev–Trinajstić information content (AvgIpc) is 3.33. The monoisotopic (exact) mass is 373 g/mol. The Kier molecular flexibility index (Phi) is 4.55. The SMILES string of the molecule is O=C(c1cccs1)N1CCCCC1c1nc(-c2cccc(Cl)c2)no1. The van der Waals surface area contributed by atoms with Gasteiger partial charge in [-0.25, -0.2) is 0 Å². The second kappa shape index (κ2) is 6.98. The number of amides is 1. The molecule has 0 N–H and O–H groups in total. The number of aromatic nitrogens is 2. The molecule has 1 fully saturated rings. The summed E-state index contributed by atoms with van der Waals surface area (Å²) in [5.74, 6) is 1.01. The van der Waals surface area contributed by atoms with Gasteiger partial charge in [0.05, 0.1) is 4.88 Å². The fraction of sp³-hybridized carbons (Fsp3) is 0.278. The van der Waals surface area contributed by atoms with Crippen molar-refractivity contribution in [2.45, 2.75) is 25.3 Å². The molecule has 0 aliphatic carbocycles. The Morgan fingerprint density at radius 2 is 2.20 bits per heavy atom. The molecule has 5 nitrogen and oxygen atoms in total. The Bertz CT molecular complexity index is 878. The van der Waals surface area contributed by atoms with Gasteiger partial charge in [-0.1, -0.05) is 35.0 Å². The van der Waals surface area contributed by atoms with E-state index < -0.39 is 0 Å². The van der Waals surface area contributed by atoms with E-state index in [2.05, 4.69) is 10.1 Å². The number of halogens is 1. The first-order chi connectivity index (χ1) is 12.2. The number of benzene rings is 1. The second-order valence-electron chi connectivity index (χ2n) is 5.95. The quantitative estimate of drug-likeness (QED) is 0.660. The van der Waals surface area contributed by atoms with Crippen LogP contribution in [0.1, 0.15) is 40.9 Å². The normalized spacial score (nSPS) is 17.6. The lowest BCUT2D eigenvalue weighted by Crippen LogP contribution is -2.38. The van der Waals surface area contributed by atoms with Gasteiger partial charge in [0.1, 0.15) is 6.04 Å². The van der Waals surface area contributed by atoms with Gasteiger partial charge in [-0.2, -0.15) is 4.98 Å². The number of carbonyl (C=O) groups is 1. The maximum absolute atomic E-state index is 12.8. The standard InChI is InChI=1S/C18H16ClN3O2S/c19-13-6-3-5-12(11-13)16-20-17(24-21-16)14-7-1-2-9-22(14)18(23)15-8-4-10-25-15/h3-6,8,10-11,14H,1-2,7,9H2. The van der Waals surface area contributed by atoms with Crippen LogP contribution in [-0.4, -0.2) is 27.5 Å². The van der Waals surface area contributed by atoms with Crippen molar-refractivity contribution in [1.82, 2.24) is 15.0 Å². The number of likely N-dealkylation sites (tertiary alicyclic amines) is 1. The Morgan fingerprint density at radius 3 is 3.00 bits per heavy atom. The molecule has 1 amide bonds. The minimum Gasteiger partial charge on any atom is -0.337 e. The maximum Gasteiger partial charge on any atom is 0.264 e. The zero-order chi connectivity index (χ0) is 17.2. The third kappa shape index (κ3) is 3.32. The van der Waals surface area contributed by atoms with Crippen molar-refractivity contribution in [3.05, 3.63) is 57.6 Å². The average molecular weight is 374 g/mol. The van der Waals surface area contributed by atoms with E-state index >= 15 is 0 Å². The smallest absolute Gasteiger partial charge is 0.264 e. The first-order valence-corrected chi connectivity index (χ1v) is 9.42. The van der Waals surface area contributed by atoms with Gasteiger partial charge >= 0.3 is 0 Å². The summed E-state index contributed by atoms with van der Waals surface area (Å²) >= 11 is 7.49. The molecule has 4 rings (SSSR count). The molecule has 0 bridgehead atoms. The van der Waals surface area contributed by atoms with Crippen LogP contribution in [0.4, 0.5) is 0 Å². The van der Waals surface area contributed by atoms with Crippen molar-refractivity contribution in [3.63, 3.8) is 0 Å². The molecule has 1 aliphatic heterocycles. The van der Waals surface area contributed by atoms with Crippen molar-refractivity contribution in [2.75, 3.05) is 6.54 Å². The number of carbonyl (C=O) groups excluding carboxylic acids is 1. The maximum atomic E-state index is 12.8. The van der Waals surface area contributed by atoms with E-state index in [1.54, 1.807) is 12.1 Å². The van der Waals surface area contributed by atoms with Gasteiger partial charge in [-0.3, -0.25) is 4.79 Å². The molecule has 128 valence electrons. The lowest BCUT2D eigenvalue weighted by atomic mass is 10.0.